The summed E-state index contributed by atoms with van der Waals surface area (Å²) in [6, 6.07) is 1.89. The summed E-state index contributed by atoms with van der Waals surface area (Å²) in [7, 11) is 0. The molecule has 0 N–H and O–H groups in total. The van der Waals surface area contributed by atoms with Crippen molar-refractivity contribution in [2.75, 3.05) is 26.2 Å². The van der Waals surface area contributed by atoms with E-state index in [2.05, 4.69) is 10.1 Å². The van der Waals surface area contributed by atoms with E-state index in [1.54, 1.807) is 4.90 Å². The second-order valence-corrected chi connectivity index (χ2v) is 6.34. The molecule has 0 spiro atoms. The van der Waals surface area contributed by atoms with Gasteiger partial charge in [-0.1, -0.05) is 5.16 Å². The first-order valence-electron chi connectivity index (χ1n) is 7.74. The van der Waals surface area contributed by atoms with Gasteiger partial charge in [-0.2, -0.15) is 0 Å². The van der Waals surface area contributed by atoms with E-state index >= 15 is 0 Å². The van der Waals surface area contributed by atoms with E-state index in [4.69, 9.17) is 4.52 Å². The number of rotatable bonds is 3. The normalized spacial score (nSPS) is 25.6. The third kappa shape index (κ3) is 3.45. The number of piperidine rings is 1. The smallest absolute Gasteiger partial charge is 0.251 e. The number of alkyl halides is 2. The fourth-order valence-electron chi connectivity index (χ4n) is 3.20. The van der Waals surface area contributed by atoms with Crippen molar-refractivity contribution in [1.82, 2.24) is 15.0 Å². The molecule has 1 amide bonds. The molecule has 1 atom stereocenters. The minimum Gasteiger partial charge on any atom is -0.360 e. The van der Waals surface area contributed by atoms with Crippen molar-refractivity contribution in [3.05, 3.63) is 17.5 Å². The number of hydrogen-bond acceptors (Lipinski definition) is 4. The molecule has 1 aromatic rings. The van der Waals surface area contributed by atoms with Crippen LogP contribution < -0.4 is 0 Å². The molecule has 7 heteroatoms. The van der Waals surface area contributed by atoms with Crippen LogP contribution in [0.5, 0.6) is 0 Å². The molecule has 1 aromatic heterocycles. The van der Waals surface area contributed by atoms with E-state index in [-0.39, 0.29) is 37.8 Å². The van der Waals surface area contributed by atoms with Crippen molar-refractivity contribution in [1.29, 1.82) is 0 Å². The summed E-state index contributed by atoms with van der Waals surface area (Å²) in [5, 5.41) is 3.85. The van der Waals surface area contributed by atoms with Crippen LogP contribution in [0.3, 0.4) is 0 Å². The molecule has 2 saturated heterocycles. The number of likely N-dealkylation sites (tertiary alicyclic amines) is 2. The Morgan fingerprint density at radius 2 is 2.14 bits per heavy atom. The number of carbonyl (C=O) groups excluding carboxylic acids is 1. The van der Waals surface area contributed by atoms with Crippen LogP contribution in [0.15, 0.2) is 10.6 Å². The molecule has 0 saturated carbocycles. The fourth-order valence-corrected chi connectivity index (χ4v) is 3.20. The number of carbonyl (C=O) groups is 1. The van der Waals surface area contributed by atoms with E-state index in [0.717, 1.165) is 24.4 Å². The molecule has 0 bridgehead atoms. The zero-order valence-electron chi connectivity index (χ0n) is 12.7. The first kappa shape index (κ1) is 15.4. The Bertz CT molecular complexity index is 537. The Morgan fingerprint density at radius 1 is 1.41 bits per heavy atom. The summed E-state index contributed by atoms with van der Waals surface area (Å²) in [6.45, 7) is 4.33. The van der Waals surface area contributed by atoms with E-state index in [9.17, 15) is 13.6 Å². The molecule has 2 fully saturated rings. The maximum Gasteiger partial charge on any atom is 0.251 e. The highest BCUT2D eigenvalue weighted by Crippen LogP contribution is 2.29. The molecule has 2 aliphatic rings. The molecule has 5 nitrogen and oxygen atoms in total. The first-order chi connectivity index (χ1) is 10.4. The van der Waals surface area contributed by atoms with Crippen LogP contribution in [-0.4, -0.2) is 53.0 Å². The van der Waals surface area contributed by atoms with Crippen molar-refractivity contribution in [2.24, 2.45) is 5.92 Å². The highest BCUT2D eigenvalue weighted by molar-refractivity contribution is 5.79. The van der Waals surface area contributed by atoms with E-state index < -0.39 is 5.92 Å². The quantitative estimate of drug-likeness (QED) is 0.857. The molecule has 2 aliphatic heterocycles. The lowest BCUT2D eigenvalue weighted by Gasteiger charge is -2.33. The maximum atomic E-state index is 13.2. The van der Waals surface area contributed by atoms with Crippen LogP contribution in [0.1, 0.15) is 30.7 Å². The Kier molecular flexibility index (Phi) is 4.16. The zero-order valence-corrected chi connectivity index (χ0v) is 12.7. The second-order valence-electron chi connectivity index (χ2n) is 6.34. The lowest BCUT2D eigenvalue weighted by molar-refractivity contribution is -0.141. The van der Waals surface area contributed by atoms with Gasteiger partial charge in [-0.3, -0.25) is 9.69 Å². The van der Waals surface area contributed by atoms with Gasteiger partial charge in [0, 0.05) is 38.5 Å². The molecule has 22 heavy (non-hydrogen) atoms. The summed E-state index contributed by atoms with van der Waals surface area (Å²) >= 11 is 0. The van der Waals surface area contributed by atoms with Crippen molar-refractivity contribution >= 4 is 5.91 Å². The molecule has 0 aromatic carbocycles. The van der Waals surface area contributed by atoms with Gasteiger partial charge in [0.25, 0.3) is 5.92 Å². The highest BCUT2D eigenvalue weighted by Gasteiger charge is 2.38. The van der Waals surface area contributed by atoms with Crippen LogP contribution in [-0.2, 0) is 11.3 Å². The van der Waals surface area contributed by atoms with Crippen LogP contribution in [0.25, 0.3) is 0 Å². The molecule has 1 unspecified atom stereocenters. The molecule has 3 heterocycles. The van der Waals surface area contributed by atoms with Crippen LogP contribution in [0.4, 0.5) is 8.78 Å². The van der Waals surface area contributed by atoms with Gasteiger partial charge in [-0.25, -0.2) is 8.78 Å². The van der Waals surface area contributed by atoms with E-state index in [1.807, 2.05) is 13.0 Å². The minimum absolute atomic E-state index is 0.0201. The fraction of sp³-hybridized carbons (Fsp3) is 0.733. The van der Waals surface area contributed by atoms with Gasteiger partial charge in [-0.15, -0.1) is 0 Å². The number of halogens is 2. The number of aromatic nitrogens is 1. The highest BCUT2D eigenvalue weighted by atomic mass is 19.3. The van der Waals surface area contributed by atoms with Gasteiger partial charge < -0.3 is 9.42 Å². The number of amides is 1. The van der Waals surface area contributed by atoms with Gasteiger partial charge >= 0.3 is 0 Å². The monoisotopic (exact) mass is 313 g/mol. The predicted octanol–water partition coefficient (Wildman–Crippen LogP) is 2.06. The Morgan fingerprint density at radius 3 is 2.77 bits per heavy atom. The van der Waals surface area contributed by atoms with Crippen molar-refractivity contribution in [3.63, 3.8) is 0 Å². The second kappa shape index (κ2) is 5.95. The Labute approximate surface area is 128 Å². The summed E-state index contributed by atoms with van der Waals surface area (Å²) < 4.78 is 31.5. The lowest BCUT2D eigenvalue weighted by Crippen LogP contribution is -2.45. The average Bonchev–Trinajstić information content (AvgIpc) is 3.08. The summed E-state index contributed by atoms with van der Waals surface area (Å²) in [6.07, 6.45) is 0.345. The summed E-state index contributed by atoms with van der Waals surface area (Å²) in [5.41, 5.74) is 0.844. The van der Waals surface area contributed by atoms with Gasteiger partial charge in [0.1, 0.15) is 0 Å². The zero-order chi connectivity index (χ0) is 15.7. The van der Waals surface area contributed by atoms with Crippen LogP contribution in [0, 0.1) is 12.8 Å². The molecule has 0 aliphatic carbocycles. The molecule has 3 rings (SSSR count). The molecule has 122 valence electrons. The largest absolute Gasteiger partial charge is 0.360 e. The van der Waals surface area contributed by atoms with Crippen molar-refractivity contribution in [3.8, 4) is 0 Å². The summed E-state index contributed by atoms with van der Waals surface area (Å²) in [4.78, 5) is 16.2. The minimum atomic E-state index is -2.61. The third-order valence-electron chi connectivity index (χ3n) is 4.48. The molecule has 0 radical (unpaired) electrons. The van der Waals surface area contributed by atoms with Crippen molar-refractivity contribution in [2.45, 2.75) is 38.7 Å². The SMILES string of the molecule is Cc1cc(CN2CCC(C(=O)N3CCC(F)(F)CC3)C2)on1. The summed E-state index contributed by atoms with van der Waals surface area (Å²) in [5.74, 6) is -1.88. The molecular formula is C15H21F2N3O2. The third-order valence-corrected chi connectivity index (χ3v) is 4.48. The van der Waals surface area contributed by atoms with Gasteiger partial charge in [0.15, 0.2) is 5.76 Å². The Balaban J connectivity index is 1.51. The first-order valence-corrected chi connectivity index (χ1v) is 7.74. The van der Waals surface area contributed by atoms with Gasteiger partial charge in [-0.05, 0) is 19.9 Å². The van der Waals surface area contributed by atoms with Crippen LogP contribution in [0.2, 0.25) is 0 Å². The van der Waals surface area contributed by atoms with Crippen LogP contribution >= 0.6 is 0 Å². The number of nitrogens with zero attached hydrogens (tertiary/aromatic N) is 3. The van der Waals surface area contributed by atoms with E-state index in [0.29, 0.717) is 13.1 Å². The van der Waals surface area contributed by atoms with Gasteiger partial charge in [0.05, 0.1) is 18.2 Å². The van der Waals surface area contributed by atoms with E-state index in [1.165, 1.54) is 0 Å². The average molecular weight is 313 g/mol. The maximum absolute atomic E-state index is 13.2. The van der Waals surface area contributed by atoms with Crippen molar-refractivity contribution < 1.29 is 18.1 Å². The molecular weight excluding hydrogens is 292 g/mol. The number of aryl methyl sites for hydroxylation is 1. The predicted molar refractivity (Wildman–Crippen MR) is 75.4 cm³/mol. The van der Waals surface area contributed by atoms with Gasteiger partial charge in [0.2, 0.25) is 5.91 Å². The topological polar surface area (TPSA) is 49.6 Å². The Hall–Kier alpha value is -1.50. The standard InChI is InChI=1S/C15H21F2N3O2/c1-11-8-13(22-18-11)10-19-5-2-12(9-19)14(21)20-6-3-15(16,17)4-7-20/h8,12H,2-7,9-10H2,1H3. The lowest BCUT2D eigenvalue weighted by atomic mass is 10.0. The number of hydrogen-bond donors (Lipinski definition) is 0.